The minimum Gasteiger partial charge on any atom is -0.454 e. The summed E-state index contributed by atoms with van der Waals surface area (Å²) in [7, 11) is 0. The Kier molecular flexibility index (Phi) is 4.59. The van der Waals surface area contributed by atoms with Crippen molar-refractivity contribution in [1.29, 1.82) is 0 Å². The molecule has 0 heterocycles. The Hall–Kier alpha value is -2.17. The molecule has 1 N–H and O–H groups in total. The Labute approximate surface area is 166 Å². The summed E-state index contributed by atoms with van der Waals surface area (Å²) < 4.78 is 5.73. The summed E-state index contributed by atoms with van der Waals surface area (Å²) in [6, 6.07) is 7.33. The second-order valence-electron chi connectivity index (χ2n) is 9.48. The maximum atomic E-state index is 13.2. The van der Waals surface area contributed by atoms with Crippen molar-refractivity contribution in [2.45, 2.75) is 70.9 Å². The van der Waals surface area contributed by atoms with Gasteiger partial charge in [-0.15, -0.1) is 0 Å². The SMILES string of the molecule is CC(=O)NC12CC3CC(C1)CC(C(=O)OC(C)C(=O)c1ccc(C)cc1)(C3)C2. The number of Topliss-reactive ketones (excluding diaryl/α,β-unsaturated/α-hetero) is 1. The summed E-state index contributed by atoms with van der Waals surface area (Å²) in [6.07, 6.45) is 4.50. The lowest BCUT2D eigenvalue weighted by atomic mass is 9.47. The van der Waals surface area contributed by atoms with Crippen molar-refractivity contribution < 1.29 is 19.1 Å². The van der Waals surface area contributed by atoms with Gasteiger partial charge in [0.2, 0.25) is 11.7 Å². The highest BCUT2D eigenvalue weighted by Crippen LogP contribution is 2.62. The van der Waals surface area contributed by atoms with Gasteiger partial charge in [-0.05, 0) is 64.2 Å². The first-order chi connectivity index (χ1) is 13.2. The smallest absolute Gasteiger partial charge is 0.312 e. The van der Waals surface area contributed by atoms with Crippen LogP contribution in [0.5, 0.6) is 0 Å². The van der Waals surface area contributed by atoms with E-state index in [4.69, 9.17) is 4.74 Å². The van der Waals surface area contributed by atoms with E-state index in [2.05, 4.69) is 5.32 Å². The average molecular weight is 383 g/mol. The Morgan fingerprint density at radius 2 is 1.68 bits per heavy atom. The summed E-state index contributed by atoms with van der Waals surface area (Å²) in [6.45, 7) is 5.17. The standard InChI is InChI=1S/C23H29NO4/c1-14-4-6-19(7-5-14)20(26)15(2)28-21(27)22-9-17-8-18(10-22)12-23(11-17,13-22)24-16(3)25/h4-7,15,17-18H,8-13H2,1-3H3,(H,24,25). The fourth-order valence-electron chi connectivity index (χ4n) is 6.31. The van der Waals surface area contributed by atoms with Gasteiger partial charge in [0.05, 0.1) is 5.41 Å². The van der Waals surface area contributed by atoms with Crippen LogP contribution in [0.1, 0.15) is 68.3 Å². The van der Waals surface area contributed by atoms with Crippen molar-refractivity contribution in [3.63, 3.8) is 0 Å². The predicted octanol–water partition coefficient (Wildman–Crippen LogP) is 3.58. The number of hydrogen-bond donors (Lipinski definition) is 1. The topological polar surface area (TPSA) is 72.5 Å². The minimum atomic E-state index is -0.806. The second-order valence-corrected chi connectivity index (χ2v) is 9.48. The van der Waals surface area contributed by atoms with Crippen LogP contribution in [-0.4, -0.2) is 29.3 Å². The number of rotatable bonds is 5. The van der Waals surface area contributed by atoms with E-state index in [9.17, 15) is 14.4 Å². The quantitative estimate of drug-likeness (QED) is 0.623. The van der Waals surface area contributed by atoms with E-state index in [1.165, 1.54) is 0 Å². The summed E-state index contributed by atoms with van der Waals surface area (Å²) >= 11 is 0. The van der Waals surface area contributed by atoms with Gasteiger partial charge < -0.3 is 10.1 Å². The molecule has 1 aromatic carbocycles. The third kappa shape index (κ3) is 3.36. The number of carbonyl (C=O) groups excluding carboxylic acids is 3. The number of aryl methyl sites for hydroxylation is 1. The Morgan fingerprint density at radius 1 is 1.07 bits per heavy atom. The number of carbonyl (C=O) groups is 3. The molecule has 3 unspecified atom stereocenters. The normalized spacial score (nSPS) is 34.0. The van der Waals surface area contributed by atoms with Crippen LogP contribution in [0.15, 0.2) is 24.3 Å². The number of nitrogens with one attached hydrogen (secondary N) is 1. The summed E-state index contributed by atoms with van der Waals surface area (Å²) in [5.41, 5.74) is 0.803. The fraction of sp³-hybridized carbons (Fsp3) is 0.609. The zero-order valence-electron chi connectivity index (χ0n) is 16.9. The van der Waals surface area contributed by atoms with Crippen LogP contribution < -0.4 is 5.32 Å². The lowest BCUT2D eigenvalue weighted by Crippen LogP contribution is -2.64. The van der Waals surface area contributed by atoms with Gasteiger partial charge in [0.1, 0.15) is 0 Å². The largest absolute Gasteiger partial charge is 0.454 e. The maximum Gasteiger partial charge on any atom is 0.312 e. The van der Waals surface area contributed by atoms with Crippen molar-refractivity contribution in [3.8, 4) is 0 Å². The number of benzene rings is 1. The van der Waals surface area contributed by atoms with Crippen LogP contribution >= 0.6 is 0 Å². The molecule has 4 saturated carbocycles. The van der Waals surface area contributed by atoms with Crippen LogP contribution in [0, 0.1) is 24.2 Å². The highest BCUT2D eigenvalue weighted by atomic mass is 16.5. The number of hydrogen-bond acceptors (Lipinski definition) is 4. The molecule has 0 aliphatic heterocycles. The van der Waals surface area contributed by atoms with Gasteiger partial charge in [0.15, 0.2) is 6.10 Å². The fourth-order valence-corrected chi connectivity index (χ4v) is 6.31. The average Bonchev–Trinajstić information content (AvgIpc) is 2.59. The van der Waals surface area contributed by atoms with E-state index in [-0.39, 0.29) is 23.2 Å². The van der Waals surface area contributed by atoms with Gasteiger partial charge in [-0.25, -0.2) is 0 Å². The number of esters is 1. The molecule has 0 saturated heterocycles. The van der Waals surface area contributed by atoms with Crippen molar-refractivity contribution in [1.82, 2.24) is 5.32 Å². The zero-order chi connectivity index (χ0) is 20.1. The number of ether oxygens (including phenoxy) is 1. The molecule has 28 heavy (non-hydrogen) atoms. The number of amides is 1. The van der Waals surface area contributed by atoms with Crippen molar-refractivity contribution in [3.05, 3.63) is 35.4 Å². The van der Waals surface area contributed by atoms with Gasteiger partial charge in [-0.2, -0.15) is 0 Å². The predicted molar refractivity (Wildman–Crippen MR) is 105 cm³/mol. The van der Waals surface area contributed by atoms with E-state index in [0.29, 0.717) is 23.8 Å². The highest BCUT2D eigenvalue weighted by molar-refractivity contribution is 6.00. The number of ketones is 1. The molecular formula is C23H29NO4. The zero-order valence-corrected chi connectivity index (χ0v) is 16.9. The molecule has 5 nitrogen and oxygen atoms in total. The molecule has 4 aliphatic rings. The second kappa shape index (κ2) is 6.71. The maximum absolute atomic E-state index is 13.2. The third-order valence-corrected chi connectivity index (χ3v) is 6.92. The Bertz CT molecular complexity index is 798. The van der Waals surface area contributed by atoms with Gasteiger partial charge in [0.25, 0.3) is 0 Å². The van der Waals surface area contributed by atoms with Gasteiger partial charge in [-0.3, -0.25) is 14.4 Å². The first-order valence-electron chi connectivity index (χ1n) is 10.3. The Balaban J connectivity index is 1.50. The van der Waals surface area contributed by atoms with E-state index >= 15 is 0 Å². The lowest BCUT2D eigenvalue weighted by molar-refractivity contribution is -0.178. The summed E-state index contributed by atoms with van der Waals surface area (Å²) in [4.78, 5) is 37.7. The molecule has 1 amide bonds. The molecule has 5 rings (SSSR count). The van der Waals surface area contributed by atoms with E-state index < -0.39 is 11.5 Å². The van der Waals surface area contributed by atoms with Crippen molar-refractivity contribution >= 4 is 17.7 Å². The third-order valence-electron chi connectivity index (χ3n) is 6.92. The molecular weight excluding hydrogens is 354 g/mol. The molecule has 0 spiro atoms. The summed E-state index contributed by atoms with van der Waals surface area (Å²) in [5.74, 6) is 0.430. The van der Waals surface area contributed by atoms with Crippen LogP contribution in [0.25, 0.3) is 0 Å². The molecule has 150 valence electrons. The van der Waals surface area contributed by atoms with Gasteiger partial charge in [0, 0.05) is 18.0 Å². The van der Waals surface area contributed by atoms with Gasteiger partial charge in [-0.1, -0.05) is 29.8 Å². The minimum absolute atomic E-state index is 0.0339. The molecule has 3 atom stereocenters. The molecule has 4 aliphatic carbocycles. The van der Waals surface area contributed by atoms with Crippen LogP contribution in [-0.2, 0) is 14.3 Å². The lowest BCUT2D eigenvalue weighted by Gasteiger charge is -2.60. The molecule has 4 bridgehead atoms. The monoisotopic (exact) mass is 383 g/mol. The van der Waals surface area contributed by atoms with E-state index in [1.54, 1.807) is 26.0 Å². The van der Waals surface area contributed by atoms with Crippen molar-refractivity contribution in [2.24, 2.45) is 17.3 Å². The van der Waals surface area contributed by atoms with Gasteiger partial charge >= 0.3 is 5.97 Å². The van der Waals surface area contributed by atoms with Crippen molar-refractivity contribution in [2.75, 3.05) is 0 Å². The highest BCUT2D eigenvalue weighted by Gasteiger charge is 2.61. The van der Waals surface area contributed by atoms with Crippen LogP contribution in [0.2, 0.25) is 0 Å². The molecule has 1 aromatic rings. The van der Waals surface area contributed by atoms with Crippen LogP contribution in [0.4, 0.5) is 0 Å². The molecule has 0 aromatic heterocycles. The first-order valence-corrected chi connectivity index (χ1v) is 10.3. The molecule has 0 radical (unpaired) electrons. The molecule has 4 fully saturated rings. The summed E-state index contributed by atoms with van der Waals surface area (Å²) in [5, 5.41) is 3.16. The molecule has 5 heteroatoms. The first kappa shape index (κ1) is 19.2. The van der Waals surface area contributed by atoms with Crippen LogP contribution in [0.3, 0.4) is 0 Å². The van der Waals surface area contributed by atoms with E-state index in [0.717, 1.165) is 37.7 Å². The van der Waals surface area contributed by atoms with E-state index in [1.807, 2.05) is 19.1 Å². The Morgan fingerprint density at radius 3 is 2.25 bits per heavy atom.